The number of hydrogen-bond donors (Lipinski definition) is 0. The van der Waals surface area contributed by atoms with Crippen LogP contribution in [0.25, 0.3) is 11.0 Å². The average molecular weight is 355 g/mol. The number of sulfonamides is 1. The number of nitrogens with zero attached hydrogens (tertiary/aromatic N) is 4. The Bertz CT molecular complexity index is 765. The second-order valence-electron chi connectivity index (χ2n) is 6.32. The van der Waals surface area contributed by atoms with Crippen molar-refractivity contribution >= 4 is 32.8 Å². The van der Waals surface area contributed by atoms with E-state index in [1.165, 1.54) is 0 Å². The molecule has 1 aliphatic heterocycles. The summed E-state index contributed by atoms with van der Waals surface area (Å²) in [4.78, 5) is 2.62. The Morgan fingerprint density at radius 1 is 1.17 bits per heavy atom. The third kappa shape index (κ3) is 3.55. The quantitative estimate of drug-likeness (QED) is 0.822. The predicted molar refractivity (Wildman–Crippen MR) is 92.1 cm³/mol. The fourth-order valence-electron chi connectivity index (χ4n) is 2.76. The monoisotopic (exact) mass is 354 g/mol. The Hall–Kier alpha value is -1.09. The van der Waals surface area contributed by atoms with Crippen LogP contribution in [-0.4, -0.2) is 59.1 Å². The molecule has 0 bridgehead atoms. The van der Waals surface area contributed by atoms with Gasteiger partial charge in [0.1, 0.15) is 15.9 Å². The lowest BCUT2D eigenvalue weighted by atomic mass is 10.1. The standard InChI is InChI=1S/C15H22N4O2S2/c1-12(2)6-7-18-8-10-19(11-9-18)23(20,21)14-5-3-4-13-15(14)17-22-16-13/h3-5,12H,6-11H2,1-2H3. The van der Waals surface area contributed by atoms with Crippen molar-refractivity contribution in [3.63, 3.8) is 0 Å². The smallest absolute Gasteiger partial charge is 0.245 e. The maximum absolute atomic E-state index is 12.9. The largest absolute Gasteiger partial charge is 0.301 e. The summed E-state index contributed by atoms with van der Waals surface area (Å²) in [6.07, 6.45) is 1.15. The molecule has 1 fully saturated rings. The predicted octanol–water partition coefficient (Wildman–Crippen LogP) is 2.04. The maximum Gasteiger partial charge on any atom is 0.245 e. The van der Waals surface area contributed by atoms with E-state index in [-0.39, 0.29) is 4.90 Å². The summed E-state index contributed by atoms with van der Waals surface area (Å²) in [5.41, 5.74) is 1.13. The van der Waals surface area contributed by atoms with E-state index in [1.807, 2.05) is 0 Å². The Labute approximate surface area is 141 Å². The van der Waals surface area contributed by atoms with Crippen LogP contribution < -0.4 is 0 Å². The van der Waals surface area contributed by atoms with E-state index >= 15 is 0 Å². The lowest BCUT2D eigenvalue weighted by Gasteiger charge is -2.34. The SMILES string of the molecule is CC(C)CCN1CCN(S(=O)(=O)c2cccc3nsnc23)CC1. The number of piperazine rings is 1. The van der Waals surface area contributed by atoms with Crippen LogP contribution in [0.5, 0.6) is 0 Å². The summed E-state index contributed by atoms with van der Waals surface area (Å²) in [6.45, 7) is 8.11. The summed E-state index contributed by atoms with van der Waals surface area (Å²) in [6, 6.07) is 5.15. The Balaban J connectivity index is 1.73. The normalized spacial score (nSPS) is 18.0. The number of rotatable bonds is 5. The van der Waals surface area contributed by atoms with Crippen LogP contribution in [-0.2, 0) is 10.0 Å². The molecule has 2 heterocycles. The Morgan fingerprint density at radius 3 is 2.61 bits per heavy atom. The molecule has 0 spiro atoms. The Morgan fingerprint density at radius 2 is 1.91 bits per heavy atom. The van der Waals surface area contributed by atoms with Crippen LogP contribution in [0.15, 0.2) is 23.1 Å². The van der Waals surface area contributed by atoms with Crippen molar-refractivity contribution in [1.82, 2.24) is 18.0 Å². The molecule has 0 unspecified atom stereocenters. The van der Waals surface area contributed by atoms with E-state index in [0.717, 1.165) is 37.8 Å². The first kappa shape index (κ1) is 16.8. The zero-order chi connectivity index (χ0) is 16.4. The molecule has 1 aromatic heterocycles. The maximum atomic E-state index is 12.9. The molecule has 0 radical (unpaired) electrons. The first-order valence-electron chi connectivity index (χ1n) is 7.92. The summed E-state index contributed by atoms with van der Waals surface area (Å²) < 4.78 is 35.7. The molecule has 1 aliphatic rings. The Kier molecular flexibility index (Phi) is 4.96. The van der Waals surface area contributed by atoms with Gasteiger partial charge >= 0.3 is 0 Å². The molecule has 8 heteroatoms. The first-order chi connectivity index (χ1) is 11.0. The van der Waals surface area contributed by atoms with Crippen molar-refractivity contribution < 1.29 is 8.42 Å². The van der Waals surface area contributed by atoms with Gasteiger partial charge in [0, 0.05) is 26.2 Å². The number of hydrogen-bond acceptors (Lipinski definition) is 6. The second kappa shape index (κ2) is 6.80. The zero-order valence-corrected chi connectivity index (χ0v) is 15.1. The molecule has 0 amide bonds. The molecule has 1 aromatic carbocycles. The van der Waals surface area contributed by atoms with E-state index in [2.05, 4.69) is 27.5 Å². The van der Waals surface area contributed by atoms with Crippen molar-refractivity contribution in [2.75, 3.05) is 32.7 Å². The highest BCUT2D eigenvalue weighted by Gasteiger charge is 2.30. The zero-order valence-electron chi connectivity index (χ0n) is 13.5. The van der Waals surface area contributed by atoms with Gasteiger partial charge in [0.05, 0.1) is 11.7 Å². The molecule has 126 valence electrons. The molecular formula is C15H22N4O2S2. The van der Waals surface area contributed by atoms with Gasteiger partial charge in [-0.3, -0.25) is 0 Å². The van der Waals surface area contributed by atoms with E-state index in [4.69, 9.17) is 0 Å². The third-order valence-corrected chi connectivity index (χ3v) is 6.69. The minimum absolute atomic E-state index is 0.277. The van der Waals surface area contributed by atoms with Gasteiger partial charge < -0.3 is 4.90 Å². The van der Waals surface area contributed by atoms with Crippen LogP contribution in [0, 0.1) is 5.92 Å². The highest BCUT2D eigenvalue weighted by molar-refractivity contribution is 7.89. The molecule has 0 atom stereocenters. The minimum Gasteiger partial charge on any atom is -0.301 e. The topological polar surface area (TPSA) is 66.4 Å². The van der Waals surface area contributed by atoms with Crippen molar-refractivity contribution in [3.8, 4) is 0 Å². The van der Waals surface area contributed by atoms with Crippen LogP contribution in [0.2, 0.25) is 0 Å². The van der Waals surface area contributed by atoms with Crippen molar-refractivity contribution in [2.45, 2.75) is 25.2 Å². The van der Waals surface area contributed by atoms with Gasteiger partial charge in [-0.1, -0.05) is 19.9 Å². The number of aromatic nitrogens is 2. The molecule has 23 heavy (non-hydrogen) atoms. The molecular weight excluding hydrogens is 332 g/mol. The van der Waals surface area contributed by atoms with Gasteiger partial charge in [-0.05, 0) is 31.0 Å². The highest BCUT2D eigenvalue weighted by Crippen LogP contribution is 2.25. The van der Waals surface area contributed by atoms with Gasteiger partial charge in [0.25, 0.3) is 0 Å². The summed E-state index contributed by atoms with van der Waals surface area (Å²) >= 11 is 1.05. The summed E-state index contributed by atoms with van der Waals surface area (Å²) in [7, 11) is -3.50. The summed E-state index contributed by atoms with van der Waals surface area (Å²) in [5, 5.41) is 0. The van der Waals surface area contributed by atoms with E-state index < -0.39 is 10.0 Å². The first-order valence-corrected chi connectivity index (χ1v) is 10.1. The highest BCUT2D eigenvalue weighted by atomic mass is 32.2. The second-order valence-corrected chi connectivity index (χ2v) is 8.75. The van der Waals surface area contributed by atoms with E-state index in [9.17, 15) is 8.42 Å². The van der Waals surface area contributed by atoms with E-state index in [1.54, 1.807) is 22.5 Å². The average Bonchev–Trinajstić information content (AvgIpc) is 3.01. The number of benzene rings is 1. The minimum atomic E-state index is -3.50. The van der Waals surface area contributed by atoms with E-state index in [0.29, 0.717) is 30.0 Å². The fourth-order valence-corrected chi connectivity index (χ4v) is 4.94. The molecule has 0 N–H and O–H groups in total. The van der Waals surface area contributed by atoms with Crippen LogP contribution in [0.3, 0.4) is 0 Å². The van der Waals surface area contributed by atoms with Gasteiger partial charge in [-0.25, -0.2) is 8.42 Å². The van der Waals surface area contributed by atoms with Gasteiger partial charge in [0.15, 0.2) is 0 Å². The molecule has 6 nitrogen and oxygen atoms in total. The lowest BCUT2D eigenvalue weighted by Crippen LogP contribution is -2.48. The van der Waals surface area contributed by atoms with Crippen molar-refractivity contribution in [1.29, 1.82) is 0 Å². The molecule has 0 aliphatic carbocycles. The van der Waals surface area contributed by atoms with Crippen molar-refractivity contribution in [3.05, 3.63) is 18.2 Å². The molecule has 3 rings (SSSR count). The van der Waals surface area contributed by atoms with Crippen molar-refractivity contribution in [2.24, 2.45) is 5.92 Å². The van der Waals surface area contributed by atoms with Gasteiger partial charge in [-0.2, -0.15) is 13.1 Å². The van der Waals surface area contributed by atoms with Crippen LogP contribution >= 0.6 is 11.7 Å². The van der Waals surface area contributed by atoms with Crippen LogP contribution in [0.4, 0.5) is 0 Å². The molecule has 1 saturated heterocycles. The fraction of sp³-hybridized carbons (Fsp3) is 0.600. The molecule has 0 saturated carbocycles. The summed E-state index contributed by atoms with van der Waals surface area (Å²) in [5.74, 6) is 0.673. The van der Waals surface area contributed by atoms with Gasteiger partial charge in [-0.15, -0.1) is 0 Å². The number of fused-ring (bicyclic) bond motifs is 1. The third-order valence-electron chi connectivity index (χ3n) is 4.22. The molecule has 2 aromatic rings. The lowest BCUT2D eigenvalue weighted by molar-refractivity contribution is 0.181. The van der Waals surface area contributed by atoms with Crippen LogP contribution in [0.1, 0.15) is 20.3 Å². The van der Waals surface area contributed by atoms with Gasteiger partial charge in [0.2, 0.25) is 10.0 Å².